The summed E-state index contributed by atoms with van der Waals surface area (Å²) in [6, 6.07) is 5.90. The van der Waals surface area contributed by atoms with Crippen LogP contribution >= 0.6 is 11.3 Å². The minimum Gasteiger partial charge on any atom is -0.480 e. The average Bonchev–Trinajstić information content (AvgIpc) is 3.41. The summed E-state index contributed by atoms with van der Waals surface area (Å²) in [5.74, 6) is 1.98. The molecule has 1 aliphatic rings. The van der Waals surface area contributed by atoms with E-state index in [0.717, 1.165) is 32.0 Å². The monoisotopic (exact) mass is 413 g/mol. The Morgan fingerprint density at radius 2 is 2.10 bits per heavy atom. The molecule has 10 heteroatoms. The summed E-state index contributed by atoms with van der Waals surface area (Å²) in [6.07, 6.45) is 5.03. The predicted octanol–water partition coefficient (Wildman–Crippen LogP) is 1.55. The summed E-state index contributed by atoms with van der Waals surface area (Å²) < 4.78 is 6.95. The molecule has 0 unspecified atom stereocenters. The lowest BCUT2D eigenvalue weighted by Gasteiger charge is -2.34. The van der Waals surface area contributed by atoms with Gasteiger partial charge in [0.1, 0.15) is 5.82 Å². The number of amides is 1. The molecule has 1 amide bonds. The smallest absolute Gasteiger partial charge is 0.239 e. The standard InChI is InChI=1S/C19H23N7O2S/c1-28-19-12-20-11-17(23-19)25-8-6-24(7-9-25)14-18(27)22-16-4-5-21-26(16)13-15-3-2-10-29-15/h2-5,10-12H,6-9,13-14H2,1H3,(H,22,27). The molecule has 0 saturated carbocycles. The number of carbonyl (C=O) groups is 1. The molecule has 4 heterocycles. The van der Waals surface area contributed by atoms with Gasteiger partial charge in [-0.2, -0.15) is 10.1 Å². The number of nitrogens with one attached hydrogen (secondary N) is 1. The molecule has 4 rings (SSSR count). The Bertz CT molecular complexity index is 936. The second-order valence-electron chi connectivity index (χ2n) is 6.68. The maximum absolute atomic E-state index is 12.5. The van der Waals surface area contributed by atoms with Crippen LogP contribution in [0, 0.1) is 0 Å². The van der Waals surface area contributed by atoms with E-state index in [9.17, 15) is 4.79 Å². The highest BCUT2D eigenvalue weighted by molar-refractivity contribution is 7.09. The van der Waals surface area contributed by atoms with Crippen molar-refractivity contribution < 1.29 is 9.53 Å². The lowest BCUT2D eigenvalue weighted by molar-refractivity contribution is -0.117. The van der Waals surface area contributed by atoms with Gasteiger partial charge in [0, 0.05) is 37.1 Å². The van der Waals surface area contributed by atoms with Crippen LogP contribution in [0.15, 0.2) is 42.2 Å². The lowest BCUT2D eigenvalue weighted by atomic mass is 10.3. The van der Waals surface area contributed by atoms with Crippen molar-refractivity contribution in [3.8, 4) is 5.88 Å². The molecule has 0 atom stereocenters. The summed E-state index contributed by atoms with van der Waals surface area (Å²) >= 11 is 1.67. The number of hydrogen-bond donors (Lipinski definition) is 1. The molecule has 0 bridgehead atoms. The first kappa shape index (κ1) is 19.3. The van der Waals surface area contributed by atoms with E-state index in [1.807, 2.05) is 22.2 Å². The van der Waals surface area contributed by atoms with Gasteiger partial charge in [-0.15, -0.1) is 11.3 Å². The normalized spacial score (nSPS) is 14.7. The molecule has 0 radical (unpaired) electrons. The fourth-order valence-corrected chi connectivity index (χ4v) is 3.91. The molecule has 1 aliphatic heterocycles. The largest absolute Gasteiger partial charge is 0.480 e. The third-order valence-corrected chi connectivity index (χ3v) is 5.60. The quantitative estimate of drug-likeness (QED) is 0.629. The van der Waals surface area contributed by atoms with Gasteiger partial charge in [0.15, 0.2) is 5.82 Å². The Kier molecular flexibility index (Phi) is 6.01. The number of rotatable bonds is 7. The van der Waals surface area contributed by atoms with E-state index in [1.165, 1.54) is 4.88 Å². The van der Waals surface area contributed by atoms with E-state index in [4.69, 9.17) is 4.74 Å². The van der Waals surface area contributed by atoms with E-state index in [-0.39, 0.29) is 5.91 Å². The summed E-state index contributed by atoms with van der Waals surface area (Å²) in [5.41, 5.74) is 0. The molecule has 1 N–H and O–H groups in total. The van der Waals surface area contributed by atoms with Gasteiger partial charge in [-0.25, -0.2) is 4.68 Å². The van der Waals surface area contributed by atoms with Gasteiger partial charge < -0.3 is 15.0 Å². The number of hydrogen-bond acceptors (Lipinski definition) is 8. The van der Waals surface area contributed by atoms with E-state index >= 15 is 0 Å². The number of ether oxygens (including phenoxy) is 1. The van der Waals surface area contributed by atoms with Crippen LogP contribution in [-0.4, -0.2) is 70.4 Å². The Hall–Kier alpha value is -2.98. The van der Waals surface area contributed by atoms with Gasteiger partial charge >= 0.3 is 0 Å². The van der Waals surface area contributed by atoms with Gasteiger partial charge in [-0.1, -0.05) is 6.07 Å². The number of methoxy groups -OCH3 is 1. The molecule has 1 fully saturated rings. The van der Waals surface area contributed by atoms with Gasteiger partial charge in [0.2, 0.25) is 11.8 Å². The van der Waals surface area contributed by atoms with Crippen LogP contribution in [0.5, 0.6) is 5.88 Å². The number of aromatic nitrogens is 4. The predicted molar refractivity (Wildman–Crippen MR) is 112 cm³/mol. The molecular formula is C19H23N7O2S. The summed E-state index contributed by atoms with van der Waals surface area (Å²) in [5, 5.41) is 9.33. The lowest BCUT2D eigenvalue weighted by Crippen LogP contribution is -2.49. The molecule has 152 valence electrons. The Balaban J connectivity index is 1.28. The zero-order valence-corrected chi connectivity index (χ0v) is 17.0. The minimum atomic E-state index is -0.0347. The van der Waals surface area contributed by atoms with Crippen LogP contribution in [0.2, 0.25) is 0 Å². The highest BCUT2D eigenvalue weighted by Crippen LogP contribution is 2.17. The zero-order chi connectivity index (χ0) is 20.1. The number of nitrogens with zero attached hydrogens (tertiary/aromatic N) is 6. The molecule has 0 spiro atoms. The van der Waals surface area contributed by atoms with E-state index < -0.39 is 0 Å². The third kappa shape index (κ3) is 4.90. The second kappa shape index (κ2) is 9.01. The molecule has 3 aromatic heterocycles. The van der Waals surface area contributed by atoms with Crippen molar-refractivity contribution in [2.75, 3.05) is 50.1 Å². The molecular weight excluding hydrogens is 390 g/mol. The maximum atomic E-state index is 12.5. The summed E-state index contributed by atoms with van der Waals surface area (Å²) in [7, 11) is 1.58. The van der Waals surface area contributed by atoms with Gasteiger partial charge in [-0.3, -0.25) is 14.7 Å². The first-order valence-electron chi connectivity index (χ1n) is 9.38. The second-order valence-corrected chi connectivity index (χ2v) is 7.72. The zero-order valence-electron chi connectivity index (χ0n) is 16.2. The first-order valence-corrected chi connectivity index (χ1v) is 10.3. The van der Waals surface area contributed by atoms with Crippen molar-refractivity contribution in [1.29, 1.82) is 0 Å². The van der Waals surface area contributed by atoms with Gasteiger partial charge in [-0.05, 0) is 11.4 Å². The van der Waals surface area contributed by atoms with Crippen LogP contribution in [0.1, 0.15) is 4.88 Å². The fourth-order valence-electron chi connectivity index (χ4n) is 3.22. The van der Waals surface area contributed by atoms with E-state index in [1.54, 1.807) is 37.0 Å². The Morgan fingerprint density at radius 1 is 1.24 bits per heavy atom. The summed E-state index contributed by atoms with van der Waals surface area (Å²) in [6.45, 7) is 4.13. The number of piperazine rings is 1. The van der Waals surface area contributed by atoms with Crippen LogP contribution in [0.25, 0.3) is 0 Å². The van der Waals surface area contributed by atoms with Gasteiger partial charge in [0.25, 0.3) is 0 Å². The molecule has 3 aromatic rings. The van der Waals surface area contributed by atoms with Crippen molar-refractivity contribution in [1.82, 2.24) is 24.6 Å². The number of anilines is 2. The van der Waals surface area contributed by atoms with E-state index in [0.29, 0.717) is 24.8 Å². The number of carbonyl (C=O) groups excluding carboxylic acids is 1. The maximum Gasteiger partial charge on any atom is 0.239 e. The molecule has 1 saturated heterocycles. The molecule has 0 aromatic carbocycles. The topological polar surface area (TPSA) is 88.4 Å². The SMILES string of the molecule is COc1cncc(N2CCN(CC(=O)Nc3ccnn3Cc3cccs3)CC2)n1. The molecule has 0 aliphatic carbocycles. The van der Waals surface area contributed by atoms with Crippen molar-refractivity contribution in [2.45, 2.75) is 6.54 Å². The average molecular weight is 414 g/mol. The van der Waals surface area contributed by atoms with E-state index in [2.05, 4.69) is 36.2 Å². The van der Waals surface area contributed by atoms with Crippen LogP contribution < -0.4 is 15.0 Å². The Labute approximate surface area is 172 Å². The highest BCUT2D eigenvalue weighted by Gasteiger charge is 2.21. The molecule has 29 heavy (non-hydrogen) atoms. The minimum absolute atomic E-state index is 0.0347. The van der Waals surface area contributed by atoms with Gasteiger partial charge in [0.05, 0.1) is 38.8 Å². The van der Waals surface area contributed by atoms with Crippen molar-refractivity contribution >= 4 is 28.9 Å². The van der Waals surface area contributed by atoms with Crippen molar-refractivity contribution in [2.24, 2.45) is 0 Å². The van der Waals surface area contributed by atoms with Crippen molar-refractivity contribution in [3.63, 3.8) is 0 Å². The summed E-state index contributed by atoms with van der Waals surface area (Å²) in [4.78, 5) is 26.6. The first-order chi connectivity index (χ1) is 14.2. The van der Waals surface area contributed by atoms with Crippen molar-refractivity contribution in [3.05, 3.63) is 47.0 Å². The highest BCUT2D eigenvalue weighted by atomic mass is 32.1. The molecule has 9 nitrogen and oxygen atoms in total. The number of thiophene rings is 1. The van der Waals surface area contributed by atoms with Crippen LogP contribution in [-0.2, 0) is 11.3 Å². The van der Waals surface area contributed by atoms with Crippen LogP contribution in [0.3, 0.4) is 0 Å². The third-order valence-electron chi connectivity index (χ3n) is 4.74. The van der Waals surface area contributed by atoms with Crippen LogP contribution in [0.4, 0.5) is 11.6 Å². The Morgan fingerprint density at radius 3 is 2.86 bits per heavy atom. The fraction of sp³-hybridized carbons (Fsp3) is 0.368.